The van der Waals surface area contributed by atoms with Gasteiger partial charge in [0.2, 0.25) is 0 Å². The summed E-state index contributed by atoms with van der Waals surface area (Å²) in [6, 6.07) is 2.61. The molecule has 0 unspecified atom stereocenters. The average molecular weight is 245 g/mol. The minimum Gasteiger partial charge on any atom is -0.468 e. The second-order valence-electron chi connectivity index (χ2n) is 2.41. The van der Waals surface area contributed by atoms with Crippen LogP contribution in [0.25, 0.3) is 0 Å². The number of pyridine rings is 1. The molecule has 2 N–H and O–H groups in total. The quantitative estimate of drug-likeness (QED) is 0.624. The number of halogens is 1. The van der Waals surface area contributed by atoms with Gasteiger partial charge in [0.25, 0.3) is 0 Å². The third-order valence-corrected chi connectivity index (χ3v) is 2.00. The second kappa shape index (κ2) is 4.34. The number of nitrogens with zero attached hydrogens (tertiary/aromatic N) is 1. The summed E-state index contributed by atoms with van der Waals surface area (Å²) < 4.78 is 5.15. The molecule has 5 heteroatoms. The lowest BCUT2D eigenvalue weighted by atomic mass is 10.1. The van der Waals surface area contributed by atoms with Crippen LogP contribution >= 0.6 is 15.9 Å². The van der Waals surface area contributed by atoms with Crippen molar-refractivity contribution < 1.29 is 9.53 Å². The topological polar surface area (TPSA) is 65.2 Å². The fourth-order valence-corrected chi connectivity index (χ4v) is 1.26. The second-order valence-corrected chi connectivity index (χ2v) is 3.23. The molecule has 0 fully saturated rings. The Morgan fingerprint density at radius 3 is 3.00 bits per heavy atom. The number of rotatable bonds is 2. The zero-order valence-electron chi connectivity index (χ0n) is 7.03. The first kappa shape index (κ1) is 10.1. The summed E-state index contributed by atoms with van der Waals surface area (Å²) in [5.74, 6) is -0.460. The summed E-state index contributed by atoms with van der Waals surface area (Å²) in [6.07, 6.45) is 1.57. The van der Waals surface area contributed by atoms with Crippen LogP contribution in [-0.2, 0) is 9.53 Å². The molecule has 1 atom stereocenters. The minimum atomic E-state index is -0.746. The van der Waals surface area contributed by atoms with E-state index >= 15 is 0 Å². The molecule has 1 aromatic heterocycles. The van der Waals surface area contributed by atoms with E-state index in [1.807, 2.05) is 0 Å². The Bertz CT molecular complexity index is 317. The number of methoxy groups -OCH3 is 1. The maximum Gasteiger partial charge on any atom is 0.327 e. The summed E-state index contributed by atoms with van der Waals surface area (Å²) >= 11 is 3.18. The largest absolute Gasteiger partial charge is 0.468 e. The molecule has 0 spiro atoms. The number of hydrogen-bond donors (Lipinski definition) is 1. The highest BCUT2D eigenvalue weighted by atomic mass is 79.9. The van der Waals surface area contributed by atoms with E-state index in [9.17, 15) is 4.79 Å². The van der Waals surface area contributed by atoms with Crippen molar-refractivity contribution in [2.75, 3.05) is 7.11 Å². The van der Waals surface area contributed by atoms with E-state index in [0.29, 0.717) is 10.2 Å². The Balaban J connectivity index is 2.88. The number of esters is 1. The van der Waals surface area contributed by atoms with Gasteiger partial charge in [0.05, 0.1) is 7.11 Å². The van der Waals surface area contributed by atoms with Crippen LogP contribution in [0.15, 0.2) is 22.9 Å². The van der Waals surface area contributed by atoms with Gasteiger partial charge in [-0.25, -0.2) is 4.98 Å². The van der Waals surface area contributed by atoms with Gasteiger partial charge in [-0.3, -0.25) is 4.79 Å². The van der Waals surface area contributed by atoms with Crippen LogP contribution in [0.1, 0.15) is 11.6 Å². The van der Waals surface area contributed by atoms with Gasteiger partial charge in [-0.1, -0.05) is 0 Å². The van der Waals surface area contributed by atoms with Crippen LogP contribution in [0.3, 0.4) is 0 Å². The highest BCUT2D eigenvalue weighted by molar-refractivity contribution is 9.10. The van der Waals surface area contributed by atoms with Crippen LogP contribution in [0.2, 0.25) is 0 Å². The number of carbonyl (C=O) groups excluding carboxylic acids is 1. The smallest absolute Gasteiger partial charge is 0.327 e. The molecule has 13 heavy (non-hydrogen) atoms. The third-order valence-electron chi connectivity index (χ3n) is 1.56. The molecule has 0 saturated carbocycles. The molecular weight excluding hydrogens is 236 g/mol. The van der Waals surface area contributed by atoms with E-state index in [1.54, 1.807) is 18.3 Å². The van der Waals surface area contributed by atoms with E-state index in [0.717, 1.165) is 0 Å². The lowest BCUT2D eigenvalue weighted by Gasteiger charge is -2.08. The average Bonchev–Trinajstić information content (AvgIpc) is 2.15. The van der Waals surface area contributed by atoms with Crippen molar-refractivity contribution in [3.8, 4) is 0 Å². The van der Waals surface area contributed by atoms with E-state index < -0.39 is 12.0 Å². The van der Waals surface area contributed by atoms with Crippen molar-refractivity contribution in [1.82, 2.24) is 4.98 Å². The lowest BCUT2D eigenvalue weighted by molar-refractivity contribution is -0.142. The summed E-state index contributed by atoms with van der Waals surface area (Å²) in [7, 11) is 1.30. The molecule has 1 aromatic rings. The van der Waals surface area contributed by atoms with Gasteiger partial charge < -0.3 is 10.5 Å². The molecule has 1 rings (SSSR count). The third kappa shape index (κ3) is 2.50. The number of hydrogen-bond acceptors (Lipinski definition) is 4. The van der Waals surface area contributed by atoms with Crippen molar-refractivity contribution in [2.24, 2.45) is 5.73 Å². The summed E-state index contributed by atoms with van der Waals surface area (Å²) in [4.78, 5) is 15.0. The monoisotopic (exact) mass is 244 g/mol. The van der Waals surface area contributed by atoms with Gasteiger partial charge in [0.15, 0.2) is 0 Å². The normalized spacial score (nSPS) is 12.2. The first-order valence-electron chi connectivity index (χ1n) is 3.60. The first-order valence-corrected chi connectivity index (χ1v) is 4.39. The zero-order valence-corrected chi connectivity index (χ0v) is 8.61. The summed E-state index contributed by atoms with van der Waals surface area (Å²) in [5, 5.41) is 0. The number of nitrogens with two attached hydrogens (primary N) is 1. The van der Waals surface area contributed by atoms with Crippen LogP contribution < -0.4 is 5.73 Å². The fourth-order valence-electron chi connectivity index (χ4n) is 0.874. The van der Waals surface area contributed by atoms with E-state index in [-0.39, 0.29) is 0 Å². The van der Waals surface area contributed by atoms with Gasteiger partial charge in [-0.15, -0.1) is 0 Å². The predicted molar refractivity (Wildman–Crippen MR) is 50.9 cm³/mol. The number of carbonyl (C=O) groups is 1. The van der Waals surface area contributed by atoms with Crippen molar-refractivity contribution in [3.05, 3.63) is 28.5 Å². The van der Waals surface area contributed by atoms with Gasteiger partial charge in [-0.05, 0) is 33.6 Å². The summed E-state index contributed by atoms with van der Waals surface area (Å²) in [6.45, 7) is 0. The van der Waals surface area contributed by atoms with Crippen molar-refractivity contribution in [1.29, 1.82) is 0 Å². The molecule has 70 valence electrons. The standard InChI is InChI=1S/C8H9BrN2O2/c1-13-8(12)7(10)5-2-3-11-6(9)4-5/h2-4,7H,10H2,1H3/t7-/m1/s1. The maximum atomic E-state index is 11.0. The molecule has 0 aliphatic rings. The lowest BCUT2D eigenvalue weighted by Crippen LogP contribution is -2.22. The molecule has 0 radical (unpaired) electrons. The molecule has 0 aliphatic carbocycles. The Labute approximate surface area is 84.2 Å². The Hall–Kier alpha value is -0.940. The van der Waals surface area contributed by atoms with Gasteiger partial charge in [0, 0.05) is 6.20 Å². The van der Waals surface area contributed by atoms with Crippen LogP contribution in [0.4, 0.5) is 0 Å². The molecule has 0 bridgehead atoms. The fraction of sp³-hybridized carbons (Fsp3) is 0.250. The van der Waals surface area contributed by atoms with E-state index in [2.05, 4.69) is 25.7 Å². The number of aromatic nitrogens is 1. The molecule has 0 amide bonds. The highest BCUT2D eigenvalue weighted by Crippen LogP contribution is 2.14. The van der Waals surface area contributed by atoms with Crippen LogP contribution in [0, 0.1) is 0 Å². The summed E-state index contributed by atoms with van der Waals surface area (Å²) in [5.41, 5.74) is 6.27. The molecule has 4 nitrogen and oxygen atoms in total. The van der Waals surface area contributed by atoms with Gasteiger partial charge >= 0.3 is 5.97 Å². The SMILES string of the molecule is COC(=O)[C@H](N)c1ccnc(Br)c1. The first-order chi connectivity index (χ1) is 6.15. The van der Waals surface area contributed by atoms with E-state index in [1.165, 1.54) is 7.11 Å². The predicted octanol–water partition coefficient (Wildman–Crippen LogP) is 1.02. The van der Waals surface area contributed by atoms with Crippen molar-refractivity contribution >= 4 is 21.9 Å². The zero-order chi connectivity index (χ0) is 9.84. The number of ether oxygens (including phenoxy) is 1. The van der Waals surface area contributed by atoms with Crippen molar-refractivity contribution in [2.45, 2.75) is 6.04 Å². The molecule has 0 aromatic carbocycles. The van der Waals surface area contributed by atoms with Gasteiger partial charge in [-0.2, -0.15) is 0 Å². The highest BCUT2D eigenvalue weighted by Gasteiger charge is 2.15. The Kier molecular flexibility index (Phi) is 3.39. The van der Waals surface area contributed by atoms with Gasteiger partial charge in [0.1, 0.15) is 10.6 Å². The molecule has 1 heterocycles. The van der Waals surface area contributed by atoms with Crippen LogP contribution in [-0.4, -0.2) is 18.1 Å². The minimum absolute atomic E-state index is 0.460. The van der Waals surface area contributed by atoms with Crippen LogP contribution in [0.5, 0.6) is 0 Å². The Morgan fingerprint density at radius 1 is 1.77 bits per heavy atom. The maximum absolute atomic E-state index is 11.0. The molecular formula is C8H9BrN2O2. The molecule has 0 saturated heterocycles. The molecule has 0 aliphatic heterocycles. The van der Waals surface area contributed by atoms with Crippen molar-refractivity contribution in [3.63, 3.8) is 0 Å². The van der Waals surface area contributed by atoms with E-state index in [4.69, 9.17) is 5.73 Å². The Morgan fingerprint density at radius 2 is 2.46 bits per heavy atom.